The summed E-state index contributed by atoms with van der Waals surface area (Å²) in [6.45, 7) is 0. The van der Waals surface area contributed by atoms with Crippen LogP contribution in [-0.4, -0.2) is 39.4 Å². The molecule has 2 N–H and O–H groups in total. The fraction of sp³-hybridized carbons (Fsp3) is 0.158. The van der Waals surface area contributed by atoms with Gasteiger partial charge in [0.1, 0.15) is 18.0 Å². The van der Waals surface area contributed by atoms with Gasteiger partial charge in [0.05, 0.1) is 24.2 Å². The Kier molecular flexibility index (Phi) is 4.74. The number of aromatic amines is 1. The van der Waals surface area contributed by atoms with Gasteiger partial charge in [0, 0.05) is 35.5 Å². The first kappa shape index (κ1) is 18.6. The van der Waals surface area contributed by atoms with Crippen molar-refractivity contribution in [2.75, 3.05) is 11.0 Å². The highest BCUT2D eigenvalue weighted by Gasteiger charge is 2.16. The van der Waals surface area contributed by atoms with Crippen molar-refractivity contribution in [3.63, 3.8) is 0 Å². The van der Waals surface area contributed by atoms with E-state index in [1.165, 1.54) is 6.33 Å². The molecule has 0 spiro atoms. The quantitative estimate of drug-likeness (QED) is 0.505. The molecule has 9 nitrogen and oxygen atoms in total. The molecule has 0 bridgehead atoms. The van der Waals surface area contributed by atoms with E-state index in [0.29, 0.717) is 12.1 Å². The normalized spacial score (nSPS) is 12.6. The maximum atomic E-state index is 11.4. The Labute approximate surface area is 167 Å². The number of hydrogen-bond donors (Lipinski definition) is 2. The van der Waals surface area contributed by atoms with Gasteiger partial charge >= 0.3 is 0 Å². The molecule has 29 heavy (non-hydrogen) atoms. The van der Waals surface area contributed by atoms with Crippen LogP contribution in [0.3, 0.4) is 0 Å². The highest BCUT2D eigenvalue weighted by atomic mass is 32.2. The number of aromatic nitrogens is 5. The topological polar surface area (TPSA) is 129 Å². The average molecular weight is 407 g/mol. The molecule has 0 aliphatic rings. The Balaban J connectivity index is 1.59. The molecular weight excluding hydrogens is 390 g/mol. The van der Waals surface area contributed by atoms with E-state index in [1.54, 1.807) is 41.5 Å². The standard InChI is InChI=1S/C19H17N7O2S/c1-29(27,28)25-15-4-2-3-13(7-15)8-16(9-20)26-11-14(10-24-26)18-17-5-6-21-19(17)23-12-22-18/h2-7,10-12,16,25H,8H2,1H3,(H,21,22,23). The van der Waals surface area contributed by atoms with Gasteiger partial charge in [0.2, 0.25) is 10.0 Å². The SMILES string of the molecule is CS(=O)(=O)Nc1cccc(CC(C#N)n2cc(-c3ncnc4[nH]ccc34)cn2)c1. The zero-order valence-corrected chi connectivity index (χ0v) is 16.3. The lowest BCUT2D eigenvalue weighted by Crippen LogP contribution is -2.12. The van der Waals surface area contributed by atoms with Gasteiger partial charge in [0.25, 0.3) is 0 Å². The number of nitrogens with zero attached hydrogens (tertiary/aromatic N) is 5. The van der Waals surface area contributed by atoms with E-state index in [0.717, 1.165) is 34.1 Å². The molecule has 1 aromatic carbocycles. The van der Waals surface area contributed by atoms with Crippen LogP contribution in [0.5, 0.6) is 0 Å². The number of rotatable bonds is 6. The van der Waals surface area contributed by atoms with Crippen molar-refractivity contribution in [3.05, 3.63) is 60.8 Å². The number of nitriles is 1. The second kappa shape index (κ2) is 7.37. The average Bonchev–Trinajstić information content (AvgIpc) is 3.34. The summed E-state index contributed by atoms with van der Waals surface area (Å²) in [7, 11) is -3.37. The van der Waals surface area contributed by atoms with Crippen LogP contribution in [0.4, 0.5) is 5.69 Å². The summed E-state index contributed by atoms with van der Waals surface area (Å²) in [5.74, 6) is 0. The predicted molar refractivity (Wildman–Crippen MR) is 108 cm³/mol. The van der Waals surface area contributed by atoms with Crippen LogP contribution in [0.25, 0.3) is 22.3 Å². The molecule has 3 heterocycles. The van der Waals surface area contributed by atoms with Crippen LogP contribution in [0.2, 0.25) is 0 Å². The van der Waals surface area contributed by atoms with Crippen LogP contribution in [0.15, 0.2) is 55.2 Å². The Morgan fingerprint density at radius 1 is 1.31 bits per heavy atom. The minimum atomic E-state index is -3.37. The molecule has 1 unspecified atom stereocenters. The first-order chi connectivity index (χ1) is 13.9. The Morgan fingerprint density at radius 3 is 2.97 bits per heavy atom. The number of anilines is 1. The lowest BCUT2D eigenvalue weighted by Gasteiger charge is -2.11. The second-order valence-electron chi connectivity index (χ2n) is 6.59. The number of nitrogens with one attached hydrogen (secondary N) is 2. The lowest BCUT2D eigenvalue weighted by molar-refractivity contribution is 0.546. The number of fused-ring (bicyclic) bond motifs is 1. The number of H-pyrrole nitrogens is 1. The van der Waals surface area contributed by atoms with Crippen LogP contribution >= 0.6 is 0 Å². The van der Waals surface area contributed by atoms with Gasteiger partial charge in [-0.25, -0.2) is 18.4 Å². The fourth-order valence-electron chi connectivity index (χ4n) is 3.13. The molecule has 0 saturated carbocycles. The van der Waals surface area contributed by atoms with Crippen LogP contribution in [-0.2, 0) is 16.4 Å². The third-order valence-electron chi connectivity index (χ3n) is 4.36. The minimum Gasteiger partial charge on any atom is -0.346 e. The number of benzene rings is 1. The summed E-state index contributed by atoms with van der Waals surface area (Å²) in [6, 6.07) is 10.6. The van der Waals surface area contributed by atoms with Crippen molar-refractivity contribution in [2.45, 2.75) is 12.5 Å². The van der Waals surface area contributed by atoms with E-state index in [1.807, 2.05) is 12.1 Å². The maximum Gasteiger partial charge on any atom is 0.229 e. The molecule has 10 heteroatoms. The summed E-state index contributed by atoms with van der Waals surface area (Å²) in [5, 5.41) is 14.9. The van der Waals surface area contributed by atoms with E-state index in [2.05, 4.69) is 30.8 Å². The minimum absolute atomic E-state index is 0.375. The van der Waals surface area contributed by atoms with E-state index in [-0.39, 0.29) is 0 Å². The maximum absolute atomic E-state index is 11.4. The largest absolute Gasteiger partial charge is 0.346 e. The lowest BCUT2D eigenvalue weighted by atomic mass is 10.1. The van der Waals surface area contributed by atoms with E-state index >= 15 is 0 Å². The number of hydrogen-bond acceptors (Lipinski definition) is 6. The second-order valence-corrected chi connectivity index (χ2v) is 8.34. The van der Waals surface area contributed by atoms with Gasteiger partial charge in [-0.05, 0) is 23.8 Å². The van der Waals surface area contributed by atoms with Gasteiger partial charge in [0.15, 0.2) is 0 Å². The highest BCUT2D eigenvalue weighted by Crippen LogP contribution is 2.26. The zero-order valence-electron chi connectivity index (χ0n) is 15.4. The Hall–Kier alpha value is -3.71. The van der Waals surface area contributed by atoms with Crippen LogP contribution in [0.1, 0.15) is 11.6 Å². The Bertz CT molecular complexity index is 1320. The smallest absolute Gasteiger partial charge is 0.229 e. The summed E-state index contributed by atoms with van der Waals surface area (Å²) < 4.78 is 26.9. The molecule has 1 atom stereocenters. The van der Waals surface area contributed by atoms with Crippen molar-refractivity contribution < 1.29 is 8.42 Å². The van der Waals surface area contributed by atoms with Gasteiger partial charge in [-0.15, -0.1) is 0 Å². The zero-order chi connectivity index (χ0) is 20.4. The van der Waals surface area contributed by atoms with Gasteiger partial charge < -0.3 is 4.98 Å². The predicted octanol–water partition coefficient (Wildman–Crippen LogP) is 2.50. The molecule has 0 aliphatic heterocycles. The van der Waals surface area contributed by atoms with Gasteiger partial charge in [-0.2, -0.15) is 10.4 Å². The van der Waals surface area contributed by atoms with Crippen molar-refractivity contribution in [1.29, 1.82) is 5.26 Å². The Morgan fingerprint density at radius 2 is 2.17 bits per heavy atom. The molecule has 0 saturated heterocycles. The number of sulfonamides is 1. The van der Waals surface area contributed by atoms with Crippen molar-refractivity contribution in [2.24, 2.45) is 0 Å². The van der Waals surface area contributed by atoms with E-state index in [9.17, 15) is 13.7 Å². The van der Waals surface area contributed by atoms with Crippen molar-refractivity contribution in [3.8, 4) is 17.3 Å². The van der Waals surface area contributed by atoms with Crippen LogP contribution < -0.4 is 4.72 Å². The molecule has 0 aliphatic carbocycles. The first-order valence-electron chi connectivity index (χ1n) is 8.72. The van der Waals surface area contributed by atoms with E-state index in [4.69, 9.17) is 0 Å². The van der Waals surface area contributed by atoms with Gasteiger partial charge in [-0.3, -0.25) is 9.40 Å². The monoisotopic (exact) mass is 407 g/mol. The molecule has 0 fully saturated rings. The third-order valence-corrected chi connectivity index (χ3v) is 4.96. The molecular formula is C19H17N7O2S. The highest BCUT2D eigenvalue weighted by molar-refractivity contribution is 7.92. The molecule has 0 radical (unpaired) electrons. The summed E-state index contributed by atoms with van der Waals surface area (Å²) in [5.41, 5.74) is 3.52. The molecule has 0 amide bonds. The molecule has 3 aromatic heterocycles. The van der Waals surface area contributed by atoms with Crippen molar-refractivity contribution >= 4 is 26.7 Å². The van der Waals surface area contributed by atoms with E-state index < -0.39 is 16.1 Å². The molecule has 4 aromatic rings. The fourth-order valence-corrected chi connectivity index (χ4v) is 3.69. The molecule has 146 valence electrons. The van der Waals surface area contributed by atoms with Crippen LogP contribution in [0, 0.1) is 11.3 Å². The first-order valence-corrected chi connectivity index (χ1v) is 10.6. The molecule has 4 rings (SSSR count). The third kappa shape index (κ3) is 4.09. The summed E-state index contributed by atoms with van der Waals surface area (Å²) in [6.07, 6.45) is 8.19. The van der Waals surface area contributed by atoms with Gasteiger partial charge in [-0.1, -0.05) is 12.1 Å². The van der Waals surface area contributed by atoms with Crippen molar-refractivity contribution in [1.82, 2.24) is 24.7 Å². The summed E-state index contributed by atoms with van der Waals surface area (Å²) >= 11 is 0. The summed E-state index contributed by atoms with van der Waals surface area (Å²) in [4.78, 5) is 11.6.